The van der Waals surface area contributed by atoms with Gasteiger partial charge in [-0.25, -0.2) is 0 Å². The van der Waals surface area contributed by atoms with E-state index in [9.17, 15) is 4.79 Å². The van der Waals surface area contributed by atoms with Crippen LogP contribution in [0.25, 0.3) is 0 Å². The Balaban J connectivity index is 1.56. The van der Waals surface area contributed by atoms with Gasteiger partial charge in [0.05, 0.1) is 17.4 Å². The third kappa shape index (κ3) is 5.33. The highest BCUT2D eigenvalue weighted by Crippen LogP contribution is 2.21. The molecule has 0 atom stereocenters. The number of hydrogen-bond acceptors (Lipinski definition) is 3. The number of rotatable bonds is 6. The van der Waals surface area contributed by atoms with Crippen LogP contribution in [-0.2, 0) is 0 Å². The number of nitrogens with one attached hydrogen (secondary N) is 2. The summed E-state index contributed by atoms with van der Waals surface area (Å²) in [6.07, 6.45) is 11.4. The molecule has 0 radical (unpaired) electrons. The van der Waals surface area contributed by atoms with Crippen LogP contribution in [-0.4, -0.2) is 17.4 Å². The molecule has 0 fully saturated rings. The standard InChI is InChI=1S/C20H22ClN3O/c21-17-7-4-8-18(12-17)24-19-11-16(13-22-14-19)20(25)23-10-9-15-5-2-1-3-6-15/h4-5,7-8,11-14,24H,1-3,6,9-10H2,(H,23,25). The Hall–Kier alpha value is -2.33. The van der Waals surface area contributed by atoms with Gasteiger partial charge in [0, 0.05) is 23.5 Å². The highest BCUT2D eigenvalue weighted by molar-refractivity contribution is 6.30. The van der Waals surface area contributed by atoms with Crippen molar-refractivity contribution in [3.63, 3.8) is 0 Å². The van der Waals surface area contributed by atoms with Crippen LogP contribution in [0.4, 0.5) is 11.4 Å². The monoisotopic (exact) mass is 355 g/mol. The number of benzene rings is 1. The number of anilines is 2. The molecule has 1 heterocycles. The average molecular weight is 356 g/mol. The number of carbonyl (C=O) groups is 1. The summed E-state index contributed by atoms with van der Waals surface area (Å²) >= 11 is 5.99. The first-order valence-electron chi connectivity index (χ1n) is 8.64. The van der Waals surface area contributed by atoms with Crippen molar-refractivity contribution in [2.24, 2.45) is 0 Å². The number of halogens is 1. The molecule has 5 heteroatoms. The zero-order valence-electron chi connectivity index (χ0n) is 14.1. The fourth-order valence-electron chi connectivity index (χ4n) is 2.94. The predicted octanol–water partition coefficient (Wildman–Crippen LogP) is 5.10. The largest absolute Gasteiger partial charge is 0.354 e. The summed E-state index contributed by atoms with van der Waals surface area (Å²) in [6.45, 7) is 0.663. The third-order valence-electron chi connectivity index (χ3n) is 4.23. The lowest BCUT2D eigenvalue weighted by molar-refractivity contribution is 0.0953. The van der Waals surface area contributed by atoms with E-state index in [-0.39, 0.29) is 5.91 Å². The minimum atomic E-state index is -0.0985. The average Bonchev–Trinajstić information content (AvgIpc) is 2.63. The molecule has 1 aliphatic rings. The molecule has 3 rings (SSSR count). The first kappa shape index (κ1) is 17.5. The first-order valence-corrected chi connectivity index (χ1v) is 9.02. The van der Waals surface area contributed by atoms with Gasteiger partial charge < -0.3 is 10.6 Å². The first-order chi connectivity index (χ1) is 12.2. The highest BCUT2D eigenvalue weighted by Gasteiger charge is 2.08. The van der Waals surface area contributed by atoms with Crippen LogP contribution in [0.15, 0.2) is 54.4 Å². The van der Waals surface area contributed by atoms with E-state index in [2.05, 4.69) is 21.7 Å². The SMILES string of the molecule is O=C(NCCC1=CCCCC1)c1cncc(Nc2cccc(Cl)c2)c1. The Bertz CT molecular complexity index is 773. The number of nitrogens with zero attached hydrogens (tertiary/aromatic N) is 1. The topological polar surface area (TPSA) is 54.0 Å². The van der Waals surface area contributed by atoms with Crippen molar-refractivity contribution >= 4 is 28.9 Å². The van der Waals surface area contributed by atoms with Gasteiger partial charge in [0.1, 0.15) is 0 Å². The molecule has 4 nitrogen and oxygen atoms in total. The summed E-state index contributed by atoms with van der Waals surface area (Å²) in [6, 6.07) is 9.22. The van der Waals surface area contributed by atoms with Crippen molar-refractivity contribution in [2.75, 3.05) is 11.9 Å². The summed E-state index contributed by atoms with van der Waals surface area (Å²) < 4.78 is 0. The van der Waals surface area contributed by atoms with Gasteiger partial charge in [-0.15, -0.1) is 0 Å². The molecule has 0 saturated carbocycles. The summed E-state index contributed by atoms with van der Waals surface area (Å²) in [5, 5.41) is 6.85. The lowest BCUT2D eigenvalue weighted by atomic mass is 9.97. The van der Waals surface area contributed by atoms with Gasteiger partial charge in [0.25, 0.3) is 5.91 Å². The molecular formula is C20H22ClN3O. The van der Waals surface area contributed by atoms with Crippen LogP contribution < -0.4 is 10.6 Å². The number of aromatic nitrogens is 1. The molecule has 25 heavy (non-hydrogen) atoms. The Kier molecular flexibility index (Phi) is 6.07. The second kappa shape index (κ2) is 8.67. The van der Waals surface area contributed by atoms with Crippen LogP contribution >= 0.6 is 11.6 Å². The van der Waals surface area contributed by atoms with E-state index in [4.69, 9.17) is 11.6 Å². The van der Waals surface area contributed by atoms with Crippen molar-refractivity contribution in [1.82, 2.24) is 10.3 Å². The van der Waals surface area contributed by atoms with E-state index >= 15 is 0 Å². The summed E-state index contributed by atoms with van der Waals surface area (Å²) in [4.78, 5) is 16.5. The Morgan fingerprint density at radius 3 is 2.88 bits per heavy atom. The lowest BCUT2D eigenvalue weighted by Gasteiger charge is -2.13. The normalized spacial score (nSPS) is 13.9. The summed E-state index contributed by atoms with van der Waals surface area (Å²) in [5.41, 5.74) is 3.62. The lowest BCUT2D eigenvalue weighted by Crippen LogP contribution is -2.25. The second-order valence-corrected chi connectivity index (χ2v) is 6.65. The molecule has 0 unspecified atom stereocenters. The summed E-state index contributed by atoms with van der Waals surface area (Å²) in [7, 11) is 0. The minimum absolute atomic E-state index is 0.0985. The maximum absolute atomic E-state index is 12.3. The number of pyridine rings is 1. The molecule has 130 valence electrons. The molecule has 1 aliphatic carbocycles. The molecular weight excluding hydrogens is 334 g/mol. The number of allylic oxidation sites excluding steroid dienone is 1. The van der Waals surface area contributed by atoms with Crippen molar-refractivity contribution in [3.05, 3.63) is 65.0 Å². The van der Waals surface area contributed by atoms with E-state index in [0.29, 0.717) is 17.1 Å². The van der Waals surface area contributed by atoms with Crippen molar-refractivity contribution in [1.29, 1.82) is 0 Å². The molecule has 1 amide bonds. The molecule has 1 aromatic carbocycles. The highest BCUT2D eigenvalue weighted by atomic mass is 35.5. The zero-order valence-corrected chi connectivity index (χ0v) is 14.9. The van der Waals surface area contributed by atoms with Gasteiger partial charge in [-0.3, -0.25) is 9.78 Å². The van der Waals surface area contributed by atoms with Gasteiger partial charge in [0.2, 0.25) is 0 Å². The van der Waals surface area contributed by atoms with Gasteiger partial charge in [-0.1, -0.05) is 29.3 Å². The van der Waals surface area contributed by atoms with E-state index < -0.39 is 0 Å². The van der Waals surface area contributed by atoms with E-state index in [1.165, 1.54) is 24.8 Å². The van der Waals surface area contributed by atoms with Crippen LogP contribution in [0.3, 0.4) is 0 Å². The second-order valence-electron chi connectivity index (χ2n) is 6.21. The van der Waals surface area contributed by atoms with E-state index in [0.717, 1.165) is 24.2 Å². The molecule has 0 bridgehead atoms. The van der Waals surface area contributed by atoms with E-state index in [1.807, 2.05) is 24.3 Å². The molecule has 0 spiro atoms. The van der Waals surface area contributed by atoms with Gasteiger partial charge in [0.15, 0.2) is 0 Å². The fraction of sp³-hybridized carbons (Fsp3) is 0.300. The van der Waals surface area contributed by atoms with Gasteiger partial charge >= 0.3 is 0 Å². The number of carbonyl (C=O) groups excluding carboxylic acids is 1. The van der Waals surface area contributed by atoms with Crippen molar-refractivity contribution < 1.29 is 4.79 Å². The number of hydrogen-bond donors (Lipinski definition) is 2. The Labute approximate surface area is 153 Å². The molecule has 0 aliphatic heterocycles. The maximum atomic E-state index is 12.3. The fourth-order valence-corrected chi connectivity index (χ4v) is 3.13. The predicted molar refractivity (Wildman–Crippen MR) is 102 cm³/mol. The van der Waals surface area contributed by atoms with Crippen LogP contribution in [0, 0.1) is 0 Å². The maximum Gasteiger partial charge on any atom is 0.252 e. The molecule has 2 aromatic rings. The quantitative estimate of drug-likeness (QED) is 0.709. The van der Waals surface area contributed by atoms with Gasteiger partial charge in [-0.2, -0.15) is 0 Å². The van der Waals surface area contributed by atoms with Gasteiger partial charge in [-0.05, 0) is 56.4 Å². The van der Waals surface area contributed by atoms with Crippen LogP contribution in [0.2, 0.25) is 5.02 Å². The molecule has 1 aromatic heterocycles. The van der Waals surface area contributed by atoms with Crippen LogP contribution in [0.5, 0.6) is 0 Å². The Morgan fingerprint density at radius 2 is 2.08 bits per heavy atom. The Morgan fingerprint density at radius 1 is 1.16 bits per heavy atom. The van der Waals surface area contributed by atoms with Crippen molar-refractivity contribution in [2.45, 2.75) is 32.1 Å². The van der Waals surface area contributed by atoms with Crippen molar-refractivity contribution in [3.8, 4) is 0 Å². The molecule has 0 saturated heterocycles. The summed E-state index contributed by atoms with van der Waals surface area (Å²) in [5.74, 6) is -0.0985. The van der Waals surface area contributed by atoms with E-state index in [1.54, 1.807) is 18.5 Å². The zero-order chi connectivity index (χ0) is 17.5. The molecule has 2 N–H and O–H groups in total. The third-order valence-corrected chi connectivity index (χ3v) is 4.47. The smallest absolute Gasteiger partial charge is 0.252 e. The van der Waals surface area contributed by atoms with Crippen LogP contribution in [0.1, 0.15) is 42.5 Å². The minimum Gasteiger partial charge on any atom is -0.354 e. The number of amides is 1.